The first-order valence-electron chi connectivity index (χ1n) is 4.90. The molecule has 1 rings (SSSR count). The standard InChI is InChI=1S/C10H18N2O/c1-9(6-11)7-12-8-10(2)4-3-5-13-10/h9,12H,3-5,7-8H2,1-2H3. The van der Waals surface area contributed by atoms with Gasteiger partial charge in [-0.2, -0.15) is 5.26 Å². The number of ether oxygens (including phenoxy) is 1. The number of hydrogen-bond donors (Lipinski definition) is 1. The lowest BCUT2D eigenvalue weighted by Gasteiger charge is -2.23. The van der Waals surface area contributed by atoms with Gasteiger partial charge < -0.3 is 10.1 Å². The van der Waals surface area contributed by atoms with Crippen LogP contribution >= 0.6 is 0 Å². The molecule has 0 spiro atoms. The second-order valence-electron chi connectivity index (χ2n) is 4.06. The Kier molecular flexibility index (Phi) is 3.71. The van der Waals surface area contributed by atoms with Gasteiger partial charge in [-0.3, -0.25) is 0 Å². The average molecular weight is 182 g/mol. The molecule has 3 heteroatoms. The van der Waals surface area contributed by atoms with Crippen LogP contribution in [0.3, 0.4) is 0 Å². The fourth-order valence-corrected chi connectivity index (χ4v) is 1.58. The van der Waals surface area contributed by atoms with E-state index in [4.69, 9.17) is 10.00 Å². The molecular formula is C10H18N2O. The summed E-state index contributed by atoms with van der Waals surface area (Å²) in [6, 6.07) is 2.20. The van der Waals surface area contributed by atoms with E-state index in [1.807, 2.05) is 6.92 Å². The van der Waals surface area contributed by atoms with Crippen LogP contribution in [-0.2, 0) is 4.74 Å². The summed E-state index contributed by atoms with van der Waals surface area (Å²) in [6.07, 6.45) is 2.28. The normalized spacial score (nSPS) is 29.9. The topological polar surface area (TPSA) is 45.0 Å². The Morgan fingerprint density at radius 2 is 2.46 bits per heavy atom. The first-order chi connectivity index (χ1) is 6.16. The zero-order valence-corrected chi connectivity index (χ0v) is 8.47. The van der Waals surface area contributed by atoms with Crippen LogP contribution in [0.4, 0.5) is 0 Å². The quantitative estimate of drug-likeness (QED) is 0.713. The molecule has 2 atom stereocenters. The maximum atomic E-state index is 8.57. The molecule has 2 unspecified atom stereocenters. The number of rotatable bonds is 4. The summed E-state index contributed by atoms with van der Waals surface area (Å²) < 4.78 is 5.61. The Labute approximate surface area is 80.1 Å². The maximum Gasteiger partial charge on any atom is 0.0779 e. The first kappa shape index (κ1) is 10.5. The minimum absolute atomic E-state index is 0.00910. The molecule has 74 valence electrons. The predicted octanol–water partition coefficient (Wildman–Crippen LogP) is 1.30. The van der Waals surface area contributed by atoms with Crippen LogP contribution in [0.2, 0.25) is 0 Å². The van der Waals surface area contributed by atoms with E-state index in [1.165, 1.54) is 0 Å². The molecule has 13 heavy (non-hydrogen) atoms. The van der Waals surface area contributed by atoms with Gasteiger partial charge in [-0.05, 0) is 26.7 Å². The van der Waals surface area contributed by atoms with Gasteiger partial charge in [0, 0.05) is 19.7 Å². The van der Waals surface area contributed by atoms with Gasteiger partial charge in [0.05, 0.1) is 17.6 Å². The third-order valence-corrected chi connectivity index (χ3v) is 2.47. The lowest BCUT2D eigenvalue weighted by atomic mass is 10.0. The van der Waals surface area contributed by atoms with Gasteiger partial charge >= 0.3 is 0 Å². The Bertz CT molecular complexity index is 192. The molecule has 1 aliphatic rings. The van der Waals surface area contributed by atoms with Crippen molar-refractivity contribution in [1.82, 2.24) is 5.32 Å². The Morgan fingerprint density at radius 1 is 1.69 bits per heavy atom. The number of nitrogens with zero attached hydrogens (tertiary/aromatic N) is 1. The zero-order chi connectivity index (χ0) is 9.73. The van der Waals surface area contributed by atoms with E-state index < -0.39 is 0 Å². The Balaban J connectivity index is 2.15. The van der Waals surface area contributed by atoms with Crippen LogP contribution in [0.5, 0.6) is 0 Å². The average Bonchev–Trinajstić information content (AvgIpc) is 2.52. The highest BCUT2D eigenvalue weighted by molar-refractivity contribution is 4.85. The molecule has 0 radical (unpaired) electrons. The highest BCUT2D eigenvalue weighted by atomic mass is 16.5. The van der Waals surface area contributed by atoms with Gasteiger partial charge in [-0.25, -0.2) is 0 Å². The van der Waals surface area contributed by atoms with Crippen LogP contribution in [-0.4, -0.2) is 25.3 Å². The molecule has 0 aromatic heterocycles. The predicted molar refractivity (Wildman–Crippen MR) is 51.2 cm³/mol. The van der Waals surface area contributed by atoms with Crippen molar-refractivity contribution in [3.05, 3.63) is 0 Å². The summed E-state index contributed by atoms with van der Waals surface area (Å²) in [5, 5.41) is 11.8. The largest absolute Gasteiger partial charge is 0.374 e. The third-order valence-electron chi connectivity index (χ3n) is 2.47. The fourth-order valence-electron chi connectivity index (χ4n) is 1.58. The minimum atomic E-state index is 0.00910. The van der Waals surface area contributed by atoms with Gasteiger partial charge in [0.2, 0.25) is 0 Å². The van der Waals surface area contributed by atoms with E-state index in [0.717, 1.165) is 32.5 Å². The van der Waals surface area contributed by atoms with Crippen molar-refractivity contribution < 1.29 is 4.74 Å². The Hall–Kier alpha value is -0.590. The van der Waals surface area contributed by atoms with Gasteiger partial charge in [0.1, 0.15) is 0 Å². The molecule has 1 N–H and O–H groups in total. The van der Waals surface area contributed by atoms with Gasteiger partial charge in [0.15, 0.2) is 0 Å². The summed E-state index contributed by atoms with van der Waals surface area (Å²) in [5.41, 5.74) is 0.00910. The van der Waals surface area contributed by atoms with Crippen molar-refractivity contribution >= 4 is 0 Å². The smallest absolute Gasteiger partial charge is 0.0779 e. The highest BCUT2D eigenvalue weighted by Crippen LogP contribution is 2.23. The molecule has 0 aliphatic carbocycles. The summed E-state index contributed by atoms with van der Waals surface area (Å²) in [4.78, 5) is 0. The van der Waals surface area contributed by atoms with Crippen LogP contribution in [0, 0.1) is 17.2 Å². The van der Waals surface area contributed by atoms with E-state index in [0.29, 0.717) is 0 Å². The minimum Gasteiger partial charge on any atom is -0.374 e. The molecule has 3 nitrogen and oxygen atoms in total. The van der Waals surface area contributed by atoms with Gasteiger partial charge in [-0.15, -0.1) is 0 Å². The summed E-state index contributed by atoms with van der Waals surface area (Å²) >= 11 is 0. The number of hydrogen-bond acceptors (Lipinski definition) is 3. The first-order valence-corrected chi connectivity index (χ1v) is 4.90. The van der Waals surface area contributed by atoms with Crippen LogP contribution in [0.1, 0.15) is 26.7 Å². The summed E-state index contributed by atoms with van der Waals surface area (Å²) in [7, 11) is 0. The highest BCUT2D eigenvalue weighted by Gasteiger charge is 2.28. The summed E-state index contributed by atoms with van der Waals surface area (Å²) in [5.74, 6) is 0.0880. The van der Waals surface area contributed by atoms with Crippen LogP contribution < -0.4 is 5.32 Å². The summed E-state index contributed by atoms with van der Waals surface area (Å²) in [6.45, 7) is 6.55. The van der Waals surface area contributed by atoms with Gasteiger partial charge in [0.25, 0.3) is 0 Å². The maximum absolute atomic E-state index is 8.57. The number of nitriles is 1. The molecule has 0 aromatic carbocycles. The van der Waals surface area contributed by atoms with E-state index in [9.17, 15) is 0 Å². The molecule has 0 bridgehead atoms. The van der Waals surface area contributed by atoms with Crippen molar-refractivity contribution in [3.8, 4) is 6.07 Å². The lowest BCUT2D eigenvalue weighted by Crippen LogP contribution is -2.38. The second kappa shape index (κ2) is 4.59. The third kappa shape index (κ3) is 3.33. The molecule has 1 saturated heterocycles. The molecule has 1 heterocycles. The number of nitrogens with one attached hydrogen (secondary N) is 1. The van der Waals surface area contributed by atoms with Crippen molar-refractivity contribution in [3.63, 3.8) is 0 Å². The Morgan fingerprint density at radius 3 is 3.00 bits per heavy atom. The molecule has 0 amide bonds. The zero-order valence-electron chi connectivity index (χ0n) is 8.47. The second-order valence-corrected chi connectivity index (χ2v) is 4.06. The van der Waals surface area contributed by atoms with Crippen molar-refractivity contribution in [2.24, 2.45) is 5.92 Å². The van der Waals surface area contributed by atoms with Gasteiger partial charge in [-0.1, -0.05) is 0 Å². The van der Waals surface area contributed by atoms with Crippen LogP contribution in [0.25, 0.3) is 0 Å². The van der Waals surface area contributed by atoms with E-state index >= 15 is 0 Å². The molecule has 1 aliphatic heterocycles. The van der Waals surface area contributed by atoms with E-state index in [-0.39, 0.29) is 11.5 Å². The van der Waals surface area contributed by atoms with E-state index in [2.05, 4.69) is 18.3 Å². The van der Waals surface area contributed by atoms with Crippen molar-refractivity contribution in [2.75, 3.05) is 19.7 Å². The lowest BCUT2D eigenvalue weighted by molar-refractivity contribution is 0.0207. The van der Waals surface area contributed by atoms with Crippen LogP contribution in [0.15, 0.2) is 0 Å². The molecule has 0 saturated carbocycles. The molecule has 0 aromatic rings. The van der Waals surface area contributed by atoms with E-state index in [1.54, 1.807) is 0 Å². The molecule has 1 fully saturated rings. The monoisotopic (exact) mass is 182 g/mol. The SMILES string of the molecule is CC(C#N)CNCC1(C)CCCO1. The van der Waals surface area contributed by atoms with Crippen molar-refractivity contribution in [1.29, 1.82) is 5.26 Å². The fraction of sp³-hybridized carbons (Fsp3) is 0.900. The molecular weight excluding hydrogens is 164 g/mol. The van der Waals surface area contributed by atoms with Crippen molar-refractivity contribution in [2.45, 2.75) is 32.3 Å².